The SMILES string of the molecule is C=CC(=C)/C=C\C(C)/C=C\N(C)C. The molecule has 0 radical (unpaired) electrons. The fourth-order valence-electron chi connectivity index (χ4n) is 0.715. The van der Waals surface area contributed by atoms with E-state index in [9.17, 15) is 0 Å². The predicted octanol–water partition coefficient (Wildman–Crippen LogP) is 3.00. The summed E-state index contributed by atoms with van der Waals surface area (Å²) in [6, 6.07) is 0. The summed E-state index contributed by atoms with van der Waals surface area (Å²) in [7, 11) is 4.02. The van der Waals surface area contributed by atoms with Gasteiger partial charge in [-0.3, -0.25) is 0 Å². The predicted molar refractivity (Wildman–Crippen MR) is 60.5 cm³/mol. The van der Waals surface area contributed by atoms with Crippen LogP contribution in [0, 0.1) is 5.92 Å². The van der Waals surface area contributed by atoms with Gasteiger partial charge in [-0.2, -0.15) is 0 Å². The maximum absolute atomic E-state index is 3.80. The summed E-state index contributed by atoms with van der Waals surface area (Å²) >= 11 is 0. The van der Waals surface area contributed by atoms with Crippen LogP contribution >= 0.6 is 0 Å². The number of hydrogen-bond donors (Lipinski definition) is 0. The molecule has 0 aromatic rings. The average Bonchev–Trinajstić information content (AvgIpc) is 2.10. The normalized spacial score (nSPS) is 13.5. The third-order valence-electron chi connectivity index (χ3n) is 1.56. The monoisotopic (exact) mass is 177 g/mol. The van der Waals surface area contributed by atoms with Gasteiger partial charge in [-0.15, -0.1) is 0 Å². The molecule has 0 aliphatic carbocycles. The molecule has 0 aromatic carbocycles. The lowest BCUT2D eigenvalue weighted by atomic mass is 10.1. The molecule has 0 aliphatic heterocycles. The van der Waals surface area contributed by atoms with E-state index in [1.54, 1.807) is 6.08 Å². The summed E-state index contributed by atoms with van der Waals surface area (Å²) in [4.78, 5) is 2.02. The van der Waals surface area contributed by atoms with Crippen molar-refractivity contribution in [2.24, 2.45) is 5.92 Å². The van der Waals surface area contributed by atoms with Gasteiger partial charge in [0.05, 0.1) is 0 Å². The Kier molecular flexibility index (Phi) is 5.69. The summed E-state index contributed by atoms with van der Waals surface area (Å²) in [5, 5.41) is 0. The van der Waals surface area contributed by atoms with Crippen molar-refractivity contribution < 1.29 is 0 Å². The molecule has 0 amide bonds. The molecular formula is C12H19N. The molecule has 1 atom stereocenters. The molecule has 0 saturated carbocycles. The molecule has 0 heterocycles. The van der Waals surface area contributed by atoms with Crippen LogP contribution in [0.4, 0.5) is 0 Å². The first-order chi connectivity index (χ1) is 6.06. The first-order valence-electron chi connectivity index (χ1n) is 4.40. The van der Waals surface area contributed by atoms with Crippen molar-refractivity contribution in [3.63, 3.8) is 0 Å². The highest BCUT2D eigenvalue weighted by atomic mass is 15.0. The van der Waals surface area contributed by atoms with Gasteiger partial charge in [-0.05, 0) is 17.7 Å². The van der Waals surface area contributed by atoms with E-state index in [4.69, 9.17) is 0 Å². The minimum absolute atomic E-state index is 0.430. The summed E-state index contributed by atoms with van der Waals surface area (Å²) in [5.41, 5.74) is 0.949. The molecule has 1 unspecified atom stereocenters. The Morgan fingerprint density at radius 3 is 2.38 bits per heavy atom. The number of hydrogen-bond acceptors (Lipinski definition) is 1. The molecule has 72 valence electrons. The standard InChI is InChI=1S/C12H19N/c1-6-11(2)7-8-12(3)9-10-13(4)5/h6-10,12H,1-2H2,3-5H3/b8-7-,10-9-. The highest BCUT2D eigenvalue weighted by Crippen LogP contribution is 2.03. The lowest BCUT2D eigenvalue weighted by Gasteiger charge is -2.05. The molecule has 0 aliphatic rings. The zero-order valence-corrected chi connectivity index (χ0v) is 8.83. The first kappa shape index (κ1) is 11.8. The van der Waals surface area contributed by atoms with E-state index in [1.165, 1.54) is 0 Å². The lowest BCUT2D eigenvalue weighted by molar-refractivity contribution is 0.558. The molecule has 0 spiro atoms. The highest BCUT2D eigenvalue weighted by Gasteiger charge is 1.89. The van der Waals surface area contributed by atoms with E-state index in [0.29, 0.717) is 5.92 Å². The van der Waals surface area contributed by atoms with Gasteiger partial charge in [0.25, 0.3) is 0 Å². The van der Waals surface area contributed by atoms with Crippen molar-refractivity contribution in [1.29, 1.82) is 0 Å². The van der Waals surface area contributed by atoms with E-state index in [0.717, 1.165) is 5.57 Å². The zero-order valence-electron chi connectivity index (χ0n) is 8.83. The Balaban J connectivity index is 4.00. The van der Waals surface area contributed by atoms with Crippen molar-refractivity contribution in [3.05, 3.63) is 49.2 Å². The van der Waals surface area contributed by atoms with Crippen LogP contribution in [0.1, 0.15) is 6.92 Å². The molecule has 0 bridgehead atoms. The van der Waals surface area contributed by atoms with Gasteiger partial charge < -0.3 is 4.90 Å². The van der Waals surface area contributed by atoms with Crippen LogP contribution in [0.3, 0.4) is 0 Å². The third-order valence-corrected chi connectivity index (χ3v) is 1.56. The van der Waals surface area contributed by atoms with Crippen LogP contribution in [0.25, 0.3) is 0 Å². The number of rotatable bonds is 5. The fraction of sp³-hybridized carbons (Fsp3) is 0.333. The van der Waals surface area contributed by atoms with Crippen LogP contribution in [0.5, 0.6) is 0 Å². The van der Waals surface area contributed by atoms with Crippen molar-refractivity contribution in [3.8, 4) is 0 Å². The van der Waals surface area contributed by atoms with E-state index in [-0.39, 0.29) is 0 Å². The average molecular weight is 177 g/mol. The first-order valence-corrected chi connectivity index (χ1v) is 4.40. The van der Waals surface area contributed by atoms with Crippen LogP contribution in [-0.4, -0.2) is 19.0 Å². The van der Waals surface area contributed by atoms with Gasteiger partial charge in [-0.25, -0.2) is 0 Å². The summed E-state index contributed by atoms with van der Waals surface area (Å²) < 4.78 is 0. The second-order valence-electron chi connectivity index (χ2n) is 3.30. The molecule has 1 nitrogen and oxygen atoms in total. The van der Waals surface area contributed by atoms with Crippen molar-refractivity contribution in [2.75, 3.05) is 14.1 Å². The van der Waals surface area contributed by atoms with Crippen LogP contribution in [0.2, 0.25) is 0 Å². The molecule has 0 saturated heterocycles. The number of allylic oxidation sites excluding steroid dienone is 5. The zero-order chi connectivity index (χ0) is 10.3. The van der Waals surface area contributed by atoms with E-state index in [1.807, 2.05) is 31.3 Å². The molecule has 0 N–H and O–H groups in total. The summed E-state index contributed by atoms with van der Waals surface area (Å²) in [6.07, 6.45) is 10.0. The topological polar surface area (TPSA) is 3.24 Å². The molecule has 13 heavy (non-hydrogen) atoms. The van der Waals surface area contributed by atoms with Gasteiger partial charge in [0, 0.05) is 14.1 Å². The van der Waals surface area contributed by atoms with Gasteiger partial charge in [0.1, 0.15) is 0 Å². The van der Waals surface area contributed by atoms with Gasteiger partial charge in [0.15, 0.2) is 0 Å². The lowest BCUT2D eigenvalue weighted by Crippen LogP contribution is -2.01. The Hall–Kier alpha value is -1.24. The van der Waals surface area contributed by atoms with Gasteiger partial charge in [0.2, 0.25) is 0 Å². The quantitative estimate of drug-likeness (QED) is 0.583. The Bertz CT molecular complexity index is 221. The second-order valence-corrected chi connectivity index (χ2v) is 3.30. The molecule has 0 aromatic heterocycles. The smallest absolute Gasteiger partial charge is 0.00555 e. The van der Waals surface area contributed by atoms with Gasteiger partial charge >= 0.3 is 0 Å². The van der Waals surface area contributed by atoms with Crippen LogP contribution in [0.15, 0.2) is 49.2 Å². The summed E-state index contributed by atoms with van der Waals surface area (Å²) in [6.45, 7) is 9.57. The minimum Gasteiger partial charge on any atom is -0.384 e. The fourth-order valence-corrected chi connectivity index (χ4v) is 0.715. The van der Waals surface area contributed by atoms with Crippen molar-refractivity contribution in [2.45, 2.75) is 6.92 Å². The maximum Gasteiger partial charge on any atom is 0.00555 e. The minimum atomic E-state index is 0.430. The van der Waals surface area contributed by atoms with E-state index < -0.39 is 0 Å². The van der Waals surface area contributed by atoms with Crippen LogP contribution in [-0.2, 0) is 0 Å². The molecular weight excluding hydrogens is 158 g/mol. The van der Waals surface area contributed by atoms with E-state index in [2.05, 4.69) is 32.2 Å². The summed E-state index contributed by atoms with van der Waals surface area (Å²) in [5.74, 6) is 0.430. The maximum atomic E-state index is 3.80. The Morgan fingerprint density at radius 1 is 1.31 bits per heavy atom. The molecule has 1 heteroatoms. The van der Waals surface area contributed by atoms with Crippen molar-refractivity contribution in [1.82, 2.24) is 4.90 Å². The number of nitrogens with zero attached hydrogens (tertiary/aromatic N) is 1. The molecule has 0 rings (SSSR count). The van der Waals surface area contributed by atoms with E-state index >= 15 is 0 Å². The Morgan fingerprint density at radius 2 is 1.92 bits per heavy atom. The largest absolute Gasteiger partial charge is 0.384 e. The van der Waals surface area contributed by atoms with Crippen LogP contribution < -0.4 is 0 Å². The highest BCUT2D eigenvalue weighted by molar-refractivity contribution is 5.26. The third kappa shape index (κ3) is 7.13. The van der Waals surface area contributed by atoms with Gasteiger partial charge in [-0.1, -0.05) is 44.4 Å². The second kappa shape index (κ2) is 6.30. The Labute approximate surface area is 81.8 Å². The van der Waals surface area contributed by atoms with Crippen molar-refractivity contribution >= 4 is 0 Å². The molecule has 0 fully saturated rings.